The Bertz CT molecular complexity index is 907. The largest absolute Gasteiger partial charge is 0.387 e. The molecule has 5 heteroatoms. The molecule has 1 fully saturated rings. The molecule has 0 radical (unpaired) electrons. The highest BCUT2D eigenvalue weighted by molar-refractivity contribution is 6.31. The number of piperidine rings is 1. The van der Waals surface area contributed by atoms with Gasteiger partial charge in [0.25, 0.3) is 0 Å². The van der Waals surface area contributed by atoms with Crippen LogP contribution in [0.3, 0.4) is 0 Å². The summed E-state index contributed by atoms with van der Waals surface area (Å²) in [6.07, 6.45) is 5.11. The molecule has 1 aliphatic rings. The molecule has 2 N–H and O–H groups in total. The van der Waals surface area contributed by atoms with Gasteiger partial charge in [0.15, 0.2) is 0 Å². The number of nitrogens with one attached hydrogen (secondary N) is 1. The quantitative estimate of drug-likeness (QED) is 0.641. The Balaban J connectivity index is 1.46. The van der Waals surface area contributed by atoms with Gasteiger partial charge in [-0.15, -0.1) is 0 Å². The van der Waals surface area contributed by atoms with Crippen LogP contribution in [0, 0.1) is 0 Å². The minimum Gasteiger partial charge on any atom is -0.387 e. The molecule has 0 bridgehead atoms. The number of hydrogen-bond acceptors (Lipinski definition) is 4. The second-order valence-corrected chi connectivity index (χ2v) is 7.58. The number of β-amino-alcohol motifs (C(OH)–C–C–N with tert-alkyl or cyclic N) is 1. The third-order valence-corrected chi connectivity index (χ3v) is 5.39. The van der Waals surface area contributed by atoms with Crippen molar-refractivity contribution in [2.24, 2.45) is 0 Å². The van der Waals surface area contributed by atoms with Gasteiger partial charge < -0.3 is 15.3 Å². The lowest BCUT2D eigenvalue weighted by Gasteiger charge is -2.28. The van der Waals surface area contributed by atoms with E-state index in [4.69, 9.17) is 11.6 Å². The standard InChI is InChI=1S/C22H24ClN3O/c23-17-6-9-19-20(10-11-24-21(19)14-17)25-18-7-4-16(5-8-18)22(27)15-26-12-2-1-3-13-26/h4-11,14,22,27H,1-3,12-13,15H2,(H,24,25). The predicted octanol–water partition coefficient (Wildman–Crippen LogP) is 5.15. The third-order valence-electron chi connectivity index (χ3n) is 5.16. The molecule has 2 heterocycles. The van der Waals surface area contributed by atoms with Crippen molar-refractivity contribution in [2.45, 2.75) is 25.4 Å². The maximum atomic E-state index is 10.5. The summed E-state index contributed by atoms with van der Waals surface area (Å²) in [7, 11) is 0. The van der Waals surface area contributed by atoms with Crippen LogP contribution in [0.4, 0.5) is 11.4 Å². The smallest absolute Gasteiger partial charge is 0.0916 e. The summed E-state index contributed by atoms with van der Waals surface area (Å²) >= 11 is 6.06. The highest BCUT2D eigenvalue weighted by Crippen LogP contribution is 2.28. The highest BCUT2D eigenvalue weighted by atomic mass is 35.5. The number of hydrogen-bond donors (Lipinski definition) is 2. The van der Waals surface area contributed by atoms with Crippen LogP contribution in [0.15, 0.2) is 54.7 Å². The Morgan fingerprint density at radius 2 is 1.81 bits per heavy atom. The number of halogens is 1. The minimum atomic E-state index is -0.443. The van der Waals surface area contributed by atoms with E-state index < -0.39 is 6.10 Å². The number of aromatic nitrogens is 1. The van der Waals surface area contributed by atoms with Crippen molar-refractivity contribution >= 4 is 33.9 Å². The molecule has 1 saturated heterocycles. The van der Waals surface area contributed by atoms with Crippen LogP contribution < -0.4 is 5.32 Å². The van der Waals surface area contributed by atoms with E-state index in [0.29, 0.717) is 11.6 Å². The molecule has 2 aromatic carbocycles. The van der Waals surface area contributed by atoms with E-state index in [9.17, 15) is 5.11 Å². The molecule has 0 amide bonds. The summed E-state index contributed by atoms with van der Waals surface area (Å²) < 4.78 is 0. The van der Waals surface area contributed by atoms with E-state index in [0.717, 1.165) is 40.9 Å². The molecule has 1 atom stereocenters. The highest BCUT2D eigenvalue weighted by Gasteiger charge is 2.16. The number of rotatable bonds is 5. The first-order valence-electron chi connectivity index (χ1n) is 9.51. The second-order valence-electron chi connectivity index (χ2n) is 7.14. The molecule has 4 nitrogen and oxygen atoms in total. The van der Waals surface area contributed by atoms with Gasteiger partial charge >= 0.3 is 0 Å². The zero-order valence-electron chi connectivity index (χ0n) is 15.2. The van der Waals surface area contributed by atoms with E-state index in [-0.39, 0.29) is 0 Å². The molecule has 1 unspecified atom stereocenters. The van der Waals surface area contributed by atoms with Gasteiger partial charge in [-0.3, -0.25) is 4.98 Å². The molecule has 1 aliphatic heterocycles. The fraction of sp³-hybridized carbons (Fsp3) is 0.318. The maximum Gasteiger partial charge on any atom is 0.0916 e. The third kappa shape index (κ3) is 4.41. The van der Waals surface area contributed by atoms with Crippen LogP contribution in [0.2, 0.25) is 5.02 Å². The first-order valence-corrected chi connectivity index (χ1v) is 9.88. The molecule has 0 aliphatic carbocycles. The van der Waals surface area contributed by atoms with Crippen molar-refractivity contribution in [3.05, 3.63) is 65.3 Å². The number of fused-ring (bicyclic) bond motifs is 1. The van der Waals surface area contributed by atoms with Gasteiger partial charge in [0, 0.05) is 34.5 Å². The SMILES string of the molecule is OC(CN1CCCCC1)c1ccc(Nc2ccnc3cc(Cl)ccc23)cc1. The van der Waals surface area contributed by atoms with E-state index in [1.807, 2.05) is 48.5 Å². The van der Waals surface area contributed by atoms with Gasteiger partial charge in [-0.2, -0.15) is 0 Å². The van der Waals surface area contributed by atoms with E-state index in [2.05, 4.69) is 15.2 Å². The minimum absolute atomic E-state index is 0.443. The van der Waals surface area contributed by atoms with Crippen molar-refractivity contribution in [3.8, 4) is 0 Å². The summed E-state index contributed by atoms with van der Waals surface area (Å²) in [5, 5.41) is 15.7. The fourth-order valence-electron chi connectivity index (χ4n) is 3.67. The van der Waals surface area contributed by atoms with Crippen molar-refractivity contribution in [2.75, 3.05) is 25.0 Å². The zero-order chi connectivity index (χ0) is 18.6. The number of nitrogens with zero attached hydrogens (tertiary/aromatic N) is 2. The summed E-state index contributed by atoms with van der Waals surface area (Å²) in [5.41, 5.74) is 3.78. The average Bonchev–Trinajstić information content (AvgIpc) is 2.69. The van der Waals surface area contributed by atoms with Crippen molar-refractivity contribution in [1.82, 2.24) is 9.88 Å². The Morgan fingerprint density at radius 3 is 2.59 bits per heavy atom. The van der Waals surface area contributed by atoms with Crippen LogP contribution in [0.1, 0.15) is 30.9 Å². The number of pyridine rings is 1. The van der Waals surface area contributed by atoms with Crippen molar-refractivity contribution in [1.29, 1.82) is 0 Å². The van der Waals surface area contributed by atoms with Gasteiger partial charge in [0.1, 0.15) is 0 Å². The fourth-order valence-corrected chi connectivity index (χ4v) is 3.83. The van der Waals surface area contributed by atoms with Crippen LogP contribution in [0.5, 0.6) is 0 Å². The van der Waals surface area contributed by atoms with Crippen LogP contribution in [-0.4, -0.2) is 34.6 Å². The molecule has 0 spiro atoms. The zero-order valence-corrected chi connectivity index (χ0v) is 16.0. The van der Waals surface area contributed by atoms with Gasteiger partial charge in [0.05, 0.1) is 11.6 Å². The molecule has 4 rings (SSSR count). The summed E-state index contributed by atoms with van der Waals surface area (Å²) in [6.45, 7) is 2.90. The Labute approximate surface area is 164 Å². The number of aliphatic hydroxyl groups is 1. The monoisotopic (exact) mass is 381 g/mol. The van der Waals surface area contributed by atoms with Gasteiger partial charge in [-0.25, -0.2) is 0 Å². The molecular formula is C22H24ClN3O. The lowest BCUT2D eigenvalue weighted by atomic mass is 10.1. The first-order chi connectivity index (χ1) is 13.2. The van der Waals surface area contributed by atoms with E-state index in [1.165, 1.54) is 19.3 Å². The normalized spacial score (nSPS) is 16.4. The van der Waals surface area contributed by atoms with E-state index >= 15 is 0 Å². The lowest BCUT2D eigenvalue weighted by molar-refractivity contribution is 0.101. The Kier molecular flexibility index (Phi) is 5.58. The molecule has 140 valence electrons. The number of aliphatic hydroxyl groups excluding tert-OH is 1. The molecule has 1 aromatic heterocycles. The molecule has 27 heavy (non-hydrogen) atoms. The number of likely N-dealkylation sites (tertiary alicyclic amines) is 1. The maximum absolute atomic E-state index is 10.5. The summed E-state index contributed by atoms with van der Waals surface area (Å²) in [6, 6.07) is 15.7. The molecule has 0 saturated carbocycles. The van der Waals surface area contributed by atoms with Gasteiger partial charge in [-0.1, -0.05) is 30.2 Å². The average molecular weight is 382 g/mol. The van der Waals surface area contributed by atoms with Crippen molar-refractivity contribution < 1.29 is 5.11 Å². The first kappa shape index (κ1) is 18.2. The Morgan fingerprint density at radius 1 is 1.04 bits per heavy atom. The number of anilines is 2. The summed E-state index contributed by atoms with van der Waals surface area (Å²) in [5.74, 6) is 0. The topological polar surface area (TPSA) is 48.4 Å². The summed E-state index contributed by atoms with van der Waals surface area (Å²) in [4.78, 5) is 6.73. The number of benzene rings is 2. The molecular weight excluding hydrogens is 358 g/mol. The van der Waals surface area contributed by atoms with E-state index in [1.54, 1.807) is 6.20 Å². The predicted molar refractivity (Wildman–Crippen MR) is 112 cm³/mol. The van der Waals surface area contributed by atoms with Crippen LogP contribution >= 0.6 is 11.6 Å². The van der Waals surface area contributed by atoms with Gasteiger partial charge in [-0.05, 0) is 67.9 Å². The lowest BCUT2D eigenvalue weighted by Crippen LogP contribution is -2.33. The second kappa shape index (κ2) is 8.26. The van der Waals surface area contributed by atoms with Crippen LogP contribution in [0.25, 0.3) is 10.9 Å². The van der Waals surface area contributed by atoms with Crippen LogP contribution in [-0.2, 0) is 0 Å². The van der Waals surface area contributed by atoms with Crippen molar-refractivity contribution in [3.63, 3.8) is 0 Å². The molecule has 3 aromatic rings. The Hall–Kier alpha value is -2.14. The van der Waals surface area contributed by atoms with Gasteiger partial charge in [0.2, 0.25) is 0 Å².